The molecule has 3 aromatic rings. The summed E-state index contributed by atoms with van der Waals surface area (Å²) in [5.41, 5.74) is 19.9. The SMILES string of the molecule is Cc1cccnc1C(N)Nc1nc(N)nc2c1cnn2CCN. The molecular weight excluding hydrogens is 294 g/mol. The van der Waals surface area contributed by atoms with Crippen LogP contribution < -0.4 is 22.5 Å². The zero-order chi connectivity index (χ0) is 16.4. The summed E-state index contributed by atoms with van der Waals surface area (Å²) < 4.78 is 1.69. The van der Waals surface area contributed by atoms with Crippen molar-refractivity contribution in [1.29, 1.82) is 0 Å². The van der Waals surface area contributed by atoms with Gasteiger partial charge in [-0.3, -0.25) is 4.98 Å². The van der Waals surface area contributed by atoms with Crippen LogP contribution in [0.5, 0.6) is 0 Å². The van der Waals surface area contributed by atoms with Gasteiger partial charge in [0.15, 0.2) is 5.65 Å². The van der Waals surface area contributed by atoms with Gasteiger partial charge in [0.25, 0.3) is 0 Å². The minimum atomic E-state index is -0.522. The molecule has 0 aliphatic rings. The number of pyridine rings is 1. The molecule has 3 rings (SSSR count). The van der Waals surface area contributed by atoms with E-state index in [1.807, 2.05) is 19.1 Å². The van der Waals surface area contributed by atoms with E-state index in [1.54, 1.807) is 17.1 Å². The van der Waals surface area contributed by atoms with E-state index in [0.717, 1.165) is 16.6 Å². The molecule has 0 bridgehead atoms. The fraction of sp³-hybridized carbons (Fsp3) is 0.286. The monoisotopic (exact) mass is 313 g/mol. The summed E-state index contributed by atoms with van der Waals surface area (Å²) in [7, 11) is 0. The molecular formula is C14H19N9. The summed E-state index contributed by atoms with van der Waals surface area (Å²) in [6, 6.07) is 3.82. The number of nitrogens with zero attached hydrogens (tertiary/aromatic N) is 5. The van der Waals surface area contributed by atoms with Gasteiger partial charge in [0.2, 0.25) is 5.95 Å². The van der Waals surface area contributed by atoms with Crippen LogP contribution in [0, 0.1) is 6.92 Å². The third-order valence-corrected chi connectivity index (χ3v) is 3.49. The summed E-state index contributed by atoms with van der Waals surface area (Å²) >= 11 is 0. The number of aromatic nitrogens is 5. The highest BCUT2D eigenvalue weighted by Crippen LogP contribution is 2.24. The largest absolute Gasteiger partial charge is 0.368 e. The molecule has 0 aliphatic heterocycles. The van der Waals surface area contributed by atoms with Crippen LogP contribution in [-0.4, -0.2) is 31.3 Å². The molecule has 9 nitrogen and oxygen atoms in total. The highest BCUT2D eigenvalue weighted by atomic mass is 15.3. The highest BCUT2D eigenvalue weighted by molar-refractivity contribution is 5.87. The average Bonchev–Trinajstić information content (AvgIpc) is 2.91. The van der Waals surface area contributed by atoms with E-state index >= 15 is 0 Å². The first-order valence-corrected chi connectivity index (χ1v) is 7.23. The lowest BCUT2D eigenvalue weighted by Crippen LogP contribution is -2.23. The molecule has 1 unspecified atom stereocenters. The fourth-order valence-corrected chi connectivity index (χ4v) is 2.41. The average molecular weight is 313 g/mol. The topological polar surface area (TPSA) is 147 Å². The van der Waals surface area contributed by atoms with Crippen LogP contribution >= 0.6 is 0 Å². The van der Waals surface area contributed by atoms with Crippen molar-refractivity contribution < 1.29 is 0 Å². The summed E-state index contributed by atoms with van der Waals surface area (Å²) in [5.74, 6) is 0.664. The zero-order valence-corrected chi connectivity index (χ0v) is 12.8. The van der Waals surface area contributed by atoms with Crippen LogP contribution in [0.2, 0.25) is 0 Å². The van der Waals surface area contributed by atoms with Crippen LogP contribution in [0.1, 0.15) is 17.4 Å². The number of nitrogen functional groups attached to an aromatic ring is 1. The third kappa shape index (κ3) is 2.91. The second-order valence-corrected chi connectivity index (χ2v) is 5.15. The molecule has 3 aromatic heterocycles. The van der Waals surface area contributed by atoms with Gasteiger partial charge in [-0.05, 0) is 18.6 Å². The summed E-state index contributed by atoms with van der Waals surface area (Å²) in [6.45, 7) is 2.95. The second kappa shape index (κ2) is 6.15. The molecule has 0 saturated heterocycles. The number of aryl methyl sites for hydroxylation is 1. The first kappa shape index (κ1) is 15.1. The van der Waals surface area contributed by atoms with Crippen LogP contribution in [0.3, 0.4) is 0 Å². The number of fused-ring (bicyclic) bond motifs is 1. The van der Waals surface area contributed by atoms with E-state index in [0.29, 0.717) is 24.6 Å². The number of anilines is 2. The Labute approximate surface area is 132 Å². The quantitative estimate of drug-likeness (QED) is 0.486. The van der Waals surface area contributed by atoms with Crippen molar-refractivity contribution in [2.24, 2.45) is 11.5 Å². The van der Waals surface area contributed by atoms with Crippen molar-refractivity contribution in [3.05, 3.63) is 35.8 Å². The molecule has 1 atom stereocenters. The summed E-state index contributed by atoms with van der Waals surface area (Å²) in [4.78, 5) is 12.8. The lowest BCUT2D eigenvalue weighted by Gasteiger charge is -2.16. The zero-order valence-electron chi connectivity index (χ0n) is 12.8. The Morgan fingerprint density at radius 1 is 1.35 bits per heavy atom. The van der Waals surface area contributed by atoms with Crippen molar-refractivity contribution in [1.82, 2.24) is 24.7 Å². The normalized spacial score (nSPS) is 12.5. The van der Waals surface area contributed by atoms with Crippen LogP contribution in [0.25, 0.3) is 11.0 Å². The van der Waals surface area contributed by atoms with E-state index < -0.39 is 6.17 Å². The van der Waals surface area contributed by atoms with Gasteiger partial charge >= 0.3 is 0 Å². The van der Waals surface area contributed by atoms with Gasteiger partial charge in [-0.15, -0.1) is 0 Å². The van der Waals surface area contributed by atoms with Crippen LogP contribution in [0.4, 0.5) is 11.8 Å². The maximum atomic E-state index is 6.21. The maximum Gasteiger partial charge on any atom is 0.224 e. The summed E-state index contributed by atoms with van der Waals surface area (Å²) in [6.07, 6.45) is 2.85. The minimum absolute atomic E-state index is 0.142. The van der Waals surface area contributed by atoms with Crippen molar-refractivity contribution in [3.63, 3.8) is 0 Å². The van der Waals surface area contributed by atoms with Gasteiger partial charge in [-0.1, -0.05) is 6.07 Å². The molecule has 9 heteroatoms. The van der Waals surface area contributed by atoms with E-state index in [4.69, 9.17) is 17.2 Å². The van der Waals surface area contributed by atoms with Crippen molar-refractivity contribution in [2.75, 3.05) is 17.6 Å². The molecule has 0 aromatic carbocycles. The van der Waals surface area contributed by atoms with Crippen LogP contribution in [0.15, 0.2) is 24.5 Å². The molecule has 0 radical (unpaired) electrons. The molecule has 0 fully saturated rings. The highest BCUT2D eigenvalue weighted by Gasteiger charge is 2.16. The number of hydrogen-bond donors (Lipinski definition) is 4. The number of nitrogens with two attached hydrogens (primary N) is 3. The standard InChI is InChI=1S/C14H19N9/c1-8-3-2-5-18-10(8)11(16)20-12-9-7-19-23(6-4-15)13(9)22-14(17)21-12/h2-3,5,7,11H,4,6,15-16H2,1H3,(H3,17,20,21,22). The van der Waals surface area contributed by atoms with E-state index in [9.17, 15) is 0 Å². The first-order valence-electron chi connectivity index (χ1n) is 7.23. The lowest BCUT2D eigenvalue weighted by molar-refractivity contribution is 0.640. The minimum Gasteiger partial charge on any atom is -0.368 e. The summed E-state index contributed by atoms with van der Waals surface area (Å²) in [5, 5.41) is 8.14. The van der Waals surface area contributed by atoms with E-state index in [-0.39, 0.29) is 5.95 Å². The lowest BCUT2D eigenvalue weighted by atomic mass is 10.2. The van der Waals surface area contributed by atoms with E-state index in [1.165, 1.54) is 0 Å². The number of nitrogens with one attached hydrogen (secondary N) is 1. The molecule has 0 saturated carbocycles. The number of hydrogen-bond acceptors (Lipinski definition) is 8. The Morgan fingerprint density at radius 3 is 2.91 bits per heavy atom. The Hall–Kier alpha value is -2.78. The Kier molecular flexibility index (Phi) is 4.04. The maximum absolute atomic E-state index is 6.21. The van der Waals surface area contributed by atoms with Gasteiger partial charge in [-0.25, -0.2) is 4.68 Å². The van der Waals surface area contributed by atoms with Gasteiger partial charge in [0.1, 0.15) is 12.0 Å². The van der Waals surface area contributed by atoms with Crippen molar-refractivity contribution >= 4 is 22.8 Å². The molecule has 3 heterocycles. The van der Waals surface area contributed by atoms with Crippen molar-refractivity contribution in [2.45, 2.75) is 19.6 Å². The van der Waals surface area contributed by atoms with Gasteiger partial charge in [0.05, 0.1) is 23.8 Å². The molecule has 0 aliphatic carbocycles. The molecule has 0 spiro atoms. The third-order valence-electron chi connectivity index (χ3n) is 3.49. The van der Waals surface area contributed by atoms with Crippen LogP contribution in [-0.2, 0) is 6.54 Å². The number of rotatable bonds is 5. The Morgan fingerprint density at radius 2 is 2.17 bits per heavy atom. The van der Waals surface area contributed by atoms with Gasteiger partial charge < -0.3 is 22.5 Å². The predicted octanol–water partition coefficient (Wildman–Crippen LogP) is 0.140. The first-order chi connectivity index (χ1) is 11.1. The molecule has 7 N–H and O–H groups in total. The van der Waals surface area contributed by atoms with Gasteiger partial charge in [-0.2, -0.15) is 15.1 Å². The Balaban J connectivity index is 1.98. The molecule has 23 heavy (non-hydrogen) atoms. The Bertz CT molecular complexity index is 826. The van der Waals surface area contributed by atoms with Gasteiger partial charge in [0, 0.05) is 12.7 Å². The smallest absolute Gasteiger partial charge is 0.224 e. The predicted molar refractivity (Wildman–Crippen MR) is 88.3 cm³/mol. The second-order valence-electron chi connectivity index (χ2n) is 5.15. The van der Waals surface area contributed by atoms with E-state index in [2.05, 4.69) is 25.4 Å². The van der Waals surface area contributed by atoms with Crippen molar-refractivity contribution in [3.8, 4) is 0 Å². The molecule has 0 amide bonds. The fourth-order valence-electron chi connectivity index (χ4n) is 2.41. The molecule has 120 valence electrons.